The zero-order chi connectivity index (χ0) is 38.2. The van der Waals surface area contributed by atoms with E-state index in [1.165, 1.54) is 25.5 Å². The van der Waals surface area contributed by atoms with Crippen molar-refractivity contribution in [3.05, 3.63) is 48.2 Å². The summed E-state index contributed by atoms with van der Waals surface area (Å²) in [5.41, 5.74) is -0.600. The Bertz CT molecular complexity index is 1530. The first-order valence-electron chi connectivity index (χ1n) is 17.1. The minimum atomic E-state index is -1.73. The van der Waals surface area contributed by atoms with Crippen molar-refractivity contribution in [2.45, 2.75) is 106 Å². The fraction of sp³-hybridized carbons (Fsp3) is 0.629. The maximum Gasteiger partial charge on any atom is 0.331 e. The van der Waals surface area contributed by atoms with Gasteiger partial charge in [0, 0.05) is 25.8 Å². The molecule has 4 fully saturated rings. The molecule has 16 atom stereocenters. The van der Waals surface area contributed by atoms with E-state index in [2.05, 4.69) is 0 Å². The summed E-state index contributed by atoms with van der Waals surface area (Å²) in [5, 5.41) is 51.2. The second-order valence-corrected chi connectivity index (χ2v) is 13.4. The average molecular weight is 753 g/mol. The Labute approximate surface area is 303 Å². The summed E-state index contributed by atoms with van der Waals surface area (Å²) in [6, 6.07) is 6.90. The topological polar surface area (TPSA) is 248 Å². The number of aliphatic hydroxyl groups is 5. The highest BCUT2D eigenvalue weighted by molar-refractivity contribution is 5.87. The van der Waals surface area contributed by atoms with Gasteiger partial charge in [-0.05, 0) is 36.8 Å². The van der Waals surface area contributed by atoms with E-state index in [9.17, 15) is 39.9 Å². The van der Waals surface area contributed by atoms with Crippen LogP contribution in [0.1, 0.15) is 26.3 Å². The first-order valence-corrected chi connectivity index (χ1v) is 17.1. The monoisotopic (exact) mass is 752 g/mol. The van der Waals surface area contributed by atoms with E-state index >= 15 is 0 Å². The molecular formula is C35H44O18. The Hall–Kier alpha value is -3.69. The first kappa shape index (κ1) is 39.0. The zero-order valence-electron chi connectivity index (χ0n) is 29.2. The summed E-state index contributed by atoms with van der Waals surface area (Å²) >= 11 is 0. The van der Waals surface area contributed by atoms with Crippen LogP contribution >= 0.6 is 0 Å². The summed E-state index contributed by atoms with van der Waals surface area (Å²) in [5.74, 6) is -3.13. The lowest BCUT2D eigenvalue weighted by atomic mass is 9.85. The Morgan fingerprint density at radius 3 is 2.17 bits per heavy atom. The molecule has 18 heteroatoms. The standard InChI is InChI=1S/C35H44O18/c1-15-27(50-22(40)10-7-18-5-8-19(44-4)9-6-18)29(47-16(2)38)30(48-17(3)39)34(46-15)51-28-20-11-12-45-32(23(20)35(14-37)31(28)53-35)52-33-26(43)25(42)24(41)21(13-36)49-33/h5-12,15,20-21,23-34,36-37,41-43H,13-14H2,1-4H3/b10-7-/t15-,20+,21+,23+,24+,25-,26+,27-,28-,29+,30+,31-,32-,33-,34-,35+/m0/s1. The summed E-state index contributed by atoms with van der Waals surface area (Å²) in [7, 11) is 1.53. The number of fused-ring (bicyclic) bond motifs is 3. The van der Waals surface area contributed by atoms with Gasteiger partial charge in [0.2, 0.25) is 6.29 Å². The van der Waals surface area contributed by atoms with E-state index in [-0.39, 0.29) is 0 Å². The van der Waals surface area contributed by atoms with E-state index in [4.69, 9.17) is 47.4 Å². The van der Waals surface area contributed by atoms with Crippen molar-refractivity contribution in [2.75, 3.05) is 20.3 Å². The predicted molar refractivity (Wildman–Crippen MR) is 173 cm³/mol. The van der Waals surface area contributed by atoms with E-state index < -0.39 is 128 Å². The molecule has 1 saturated carbocycles. The molecule has 18 nitrogen and oxygen atoms in total. The molecule has 292 valence electrons. The Kier molecular flexibility index (Phi) is 11.7. The molecule has 1 aliphatic carbocycles. The smallest absolute Gasteiger partial charge is 0.331 e. The molecule has 4 aliphatic heterocycles. The van der Waals surface area contributed by atoms with E-state index in [0.717, 1.165) is 13.8 Å². The van der Waals surface area contributed by atoms with Crippen LogP contribution in [0.15, 0.2) is 42.7 Å². The predicted octanol–water partition coefficient (Wildman–Crippen LogP) is -1.32. The third-order valence-corrected chi connectivity index (χ3v) is 10.0. The van der Waals surface area contributed by atoms with Gasteiger partial charge in [0.15, 0.2) is 30.9 Å². The van der Waals surface area contributed by atoms with Gasteiger partial charge < -0.3 is 72.9 Å². The molecule has 6 rings (SSSR count). The number of epoxide rings is 1. The molecule has 5 N–H and O–H groups in total. The van der Waals surface area contributed by atoms with Crippen molar-refractivity contribution in [3.8, 4) is 5.75 Å². The molecule has 5 aliphatic rings. The van der Waals surface area contributed by atoms with Gasteiger partial charge in [-0.25, -0.2) is 4.79 Å². The highest BCUT2D eigenvalue weighted by atomic mass is 16.8. The van der Waals surface area contributed by atoms with E-state index in [1.54, 1.807) is 37.3 Å². The third kappa shape index (κ3) is 7.79. The molecule has 0 spiro atoms. The van der Waals surface area contributed by atoms with Crippen molar-refractivity contribution in [1.82, 2.24) is 0 Å². The molecular weight excluding hydrogens is 708 g/mol. The minimum Gasteiger partial charge on any atom is -0.497 e. The van der Waals surface area contributed by atoms with E-state index in [1.807, 2.05) is 0 Å². The number of aliphatic hydroxyl groups excluding tert-OH is 5. The zero-order valence-corrected chi connectivity index (χ0v) is 29.2. The molecule has 0 unspecified atom stereocenters. The molecule has 0 bridgehead atoms. The van der Waals surface area contributed by atoms with Crippen LogP contribution in [0, 0.1) is 11.8 Å². The highest BCUT2D eigenvalue weighted by Gasteiger charge is 2.77. The van der Waals surface area contributed by atoms with Crippen molar-refractivity contribution in [1.29, 1.82) is 0 Å². The van der Waals surface area contributed by atoms with Crippen LogP contribution in [0.2, 0.25) is 0 Å². The second kappa shape index (κ2) is 16.0. The SMILES string of the molecule is COc1ccc(/C=C\C(=O)O[C@@H]2[C@@H](OC(C)=O)[C@@H](OC(C)=O)[C@H](O[C@H]3[C@@H]4C=CO[C@@H](O[C@@H]5O[C@H](CO)[C@@H](O)[C@H](O)[C@H]5O)[C@@H]4[C@@]4(CO)O[C@@H]34)O[C@H]2C)cc1. The number of carbonyl (C=O) groups is 3. The second-order valence-electron chi connectivity index (χ2n) is 13.4. The van der Waals surface area contributed by atoms with Crippen LogP contribution in [0.3, 0.4) is 0 Å². The fourth-order valence-electron chi connectivity index (χ4n) is 7.41. The van der Waals surface area contributed by atoms with Gasteiger partial charge in [-0.15, -0.1) is 0 Å². The van der Waals surface area contributed by atoms with Crippen LogP contribution in [0.4, 0.5) is 0 Å². The van der Waals surface area contributed by atoms with Gasteiger partial charge in [-0.1, -0.05) is 12.1 Å². The normalized spacial score (nSPS) is 41.5. The van der Waals surface area contributed by atoms with Crippen molar-refractivity contribution >= 4 is 24.0 Å². The van der Waals surface area contributed by atoms with Crippen LogP contribution in [0.25, 0.3) is 6.08 Å². The van der Waals surface area contributed by atoms with Gasteiger partial charge in [0.05, 0.1) is 44.7 Å². The van der Waals surface area contributed by atoms with Gasteiger partial charge in [-0.2, -0.15) is 0 Å². The van der Waals surface area contributed by atoms with Gasteiger partial charge in [0.25, 0.3) is 0 Å². The quantitative estimate of drug-likeness (QED) is 0.0719. The number of esters is 3. The molecule has 0 radical (unpaired) electrons. The molecule has 4 heterocycles. The first-order chi connectivity index (χ1) is 25.3. The highest BCUT2D eigenvalue weighted by Crippen LogP contribution is 2.61. The van der Waals surface area contributed by atoms with Crippen LogP contribution in [-0.2, 0) is 57.0 Å². The van der Waals surface area contributed by atoms with Crippen molar-refractivity contribution in [2.24, 2.45) is 11.8 Å². The summed E-state index contributed by atoms with van der Waals surface area (Å²) in [6.45, 7) is 2.64. The molecule has 3 saturated heterocycles. The largest absolute Gasteiger partial charge is 0.497 e. The minimum absolute atomic E-state index is 0.516. The summed E-state index contributed by atoms with van der Waals surface area (Å²) < 4.78 is 57.8. The number of rotatable bonds is 12. The lowest BCUT2D eigenvalue weighted by Crippen LogP contribution is -2.62. The van der Waals surface area contributed by atoms with Crippen LogP contribution < -0.4 is 4.74 Å². The van der Waals surface area contributed by atoms with Crippen LogP contribution in [0.5, 0.6) is 5.75 Å². The third-order valence-electron chi connectivity index (χ3n) is 10.0. The maximum atomic E-state index is 13.0. The molecule has 1 aromatic rings. The van der Waals surface area contributed by atoms with Gasteiger partial charge >= 0.3 is 17.9 Å². The fourth-order valence-corrected chi connectivity index (χ4v) is 7.41. The number of ether oxygens (including phenoxy) is 10. The molecule has 0 aromatic heterocycles. The lowest BCUT2D eigenvalue weighted by Gasteiger charge is -2.45. The number of hydrogen-bond donors (Lipinski definition) is 5. The maximum absolute atomic E-state index is 13.0. The van der Waals surface area contributed by atoms with Gasteiger partial charge in [0.1, 0.15) is 41.9 Å². The molecule has 53 heavy (non-hydrogen) atoms. The summed E-state index contributed by atoms with van der Waals surface area (Å²) in [6.07, 6.45) is -11.6. The number of benzene rings is 1. The summed E-state index contributed by atoms with van der Waals surface area (Å²) in [4.78, 5) is 37.8. The lowest BCUT2D eigenvalue weighted by molar-refractivity contribution is -0.347. The molecule has 0 amide bonds. The Balaban J connectivity index is 1.21. The molecule has 1 aromatic carbocycles. The van der Waals surface area contributed by atoms with Crippen molar-refractivity contribution in [3.63, 3.8) is 0 Å². The number of methoxy groups -OCH3 is 1. The Morgan fingerprint density at radius 1 is 0.830 bits per heavy atom. The number of carbonyl (C=O) groups excluding carboxylic acids is 3. The Morgan fingerprint density at radius 2 is 1.53 bits per heavy atom. The van der Waals surface area contributed by atoms with Crippen LogP contribution in [-0.4, -0.2) is 149 Å². The average Bonchev–Trinajstić information content (AvgIpc) is 3.81. The van der Waals surface area contributed by atoms with Gasteiger partial charge in [-0.3, -0.25) is 9.59 Å². The number of hydrogen-bond acceptors (Lipinski definition) is 18. The van der Waals surface area contributed by atoms with Crippen molar-refractivity contribution < 1.29 is 87.3 Å². The van der Waals surface area contributed by atoms with E-state index in [0.29, 0.717) is 11.3 Å².